The zero-order valence-corrected chi connectivity index (χ0v) is 12.7. The lowest BCUT2D eigenvalue weighted by atomic mass is 10.0. The lowest BCUT2D eigenvalue weighted by Gasteiger charge is -2.40. The topological polar surface area (TPSA) is 80.7 Å². The van der Waals surface area contributed by atoms with Crippen LogP contribution in [0.25, 0.3) is 0 Å². The number of furan rings is 1. The van der Waals surface area contributed by atoms with E-state index >= 15 is 0 Å². The lowest BCUT2D eigenvalue weighted by Crippen LogP contribution is -2.57. The zero-order valence-electron chi connectivity index (χ0n) is 12.7. The Morgan fingerprint density at radius 2 is 2.43 bits per heavy atom. The second-order valence-corrected chi connectivity index (χ2v) is 5.44. The first-order valence-electron chi connectivity index (χ1n) is 7.55. The van der Waals surface area contributed by atoms with Crippen molar-refractivity contribution in [2.75, 3.05) is 26.3 Å². The number of nitrogens with one attached hydrogen (secondary N) is 1. The smallest absolute Gasteiger partial charge is 0.239 e. The van der Waals surface area contributed by atoms with Crippen LogP contribution in [0.1, 0.15) is 32.1 Å². The van der Waals surface area contributed by atoms with Crippen LogP contribution < -0.4 is 11.1 Å². The molecule has 6 heteroatoms. The summed E-state index contributed by atoms with van der Waals surface area (Å²) in [5.74, 6) is 0.786. The second-order valence-electron chi connectivity index (χ2n) is 5.44. The van der Waals surface area contributed by atoms with Crippen LogP contribution in [0.5, 0.6) is 0 Å². The molecule has 1 aromatic rings. The van der Waals surface area contributed by atoms with Gasteiger partial charge in [0.25, 0.3) is 0 Å². The molecule has 1 amide bonds. The highest BCUT2D eigenvalue weighted by Crippen LogP contribution is 2.27. The van der Waals surface area contributed by atoms with E-state index in [4.69, 9.17) is 14.9 Å². The molecular formula is C15H25N3O3. The minimum absolute atomic E-state index is 0.00578. The Balaban J connectivity index is 2.17. The molecule has 1 fully saturated rings. The Kier molecular flexibility index (Phi) is 5.78. The molecule has 3 unspecified atom stereocenters. The molecule has 3 N–H and O–H groups in total. The fourth-order valence-electron chi connectivity index (χ4n) is 2.73. The van der Waals surface area contributed by atoms with Gasteiger partial charge in [0.2, 0.25) is 5.91 Å². The Morgan fingerprint density at radius 3 is 3.05 bits per heavy atom. The zero-order chi connectivity index (χ0) is 15.2. The summed E-state index contributed by atoms with van der Waals surface area (Å²) in [6, 6.07) is 3.16. The van der Waals surface area contributed by atoms with Crippen molar-refractivity contribution in [1.29, 1.82) is 0 Å². The number of rotatable bonds is 6. The molecule has 118 valence electrons. The monoisotopic (exact) mass is 295 g/mol. The molecule has 1 aromatic heterocycles. The number of carbonyl (C=O) groups is 1. The van der Waals surface area contributed by atoms with Gasteiger partial charge in [-0.1, -0.05) is 6.92 Å². The van der Waals surface area contributed by atoms with Gasteiger partial charge >= 0.3 is 0 Å². The third-order valence-corrected chi connectivity index (χ3v) is 3.71. The third kappa shape index (κ3) is 3.84. The average molecular weight is 295 g/mol. The fraction of sp³-hybridized carbons (Fsp3) is 0.667. The van der Waals surface area contributed by atoms with Gasteiger partial charge in [0.1, 0.15) is 11.8 Å². The van der Waals surface area contributed by atoms with Gasteiger partial charge < -0.3 is 20.2 Å². The van der Waals surface area contributed by atoms with E-state index in [0.29, 0.717) is 26.3 Å². The quantitative estimate of drug-likeness (QED) is 0.815. The van der Waals surface area contributed by atoms with Crippen LogP contribution in [-0.4, -0.2) is 49.2 Å². The largest absolute Gasteiger partial charge is 0.468 e. The van der Waals surface area contributed by atoms with E-state index in [1.165, 1.54) is 0 Å². The van der Waals surface area contributed by atoms with E-state index in [-0.39, 0.29) is 24.0 Å². The molecule has 0 aliphatic carbocycles. The molecule has 21 heavy (non-hydrogen) atoms. The summed E-state index contributed by atoms with van der Waals surface area (Å²) < 4.78 is 11.0. The molecule has 1 saturated heterocycles. The van der Waals surface area contributed by atoms with Crippen molar-refractivity contribution < 1.29 is 13.9 Å². The van der Waals surface area contributed by atoms with Gasteiger partial charge in [0, 0.05) is 19.1 Å². The van der Waals surface area contributed by atoms with E-state index in [0.717, 1.165) is 12.2 Å². The maximum atomic E-state index is 12.4. The Bertz CT molecular complexity index is 433. The highest BCUT2D eigenvalue weighted by Gasteiger charge is 2.37. The molecule has 0 spiro atoms. The number of nitrogens with zero attached hydrogens (tertiary/aromatic N) is 1. The summed E-state index contributed by atoms with van der Waals surface area (Å²) in [7, 11) is 0. The highest BCUT2D eigenvalue weighted by molar-refractivity contribution is 5.82. The van der Waals surface area contributed by atoms with Crippen LogP contribution in [0.2, 0.25) is 0 Å². The first kappa shape index (κ1) is 16.0. The SMILES string of the molecule is CCCNC(=O)C1COCCN1C(c1ccco1)C(C)N. The predicted octanol–water partition coefficient (Wildman–Crippen LogP) is 0.895. The van der Waals surface area contributed by atoms with Gasteiger partial charge in [0.05, 0.1) is 25.5 Å². The van der Waals surface area contributed by atoms with Gasteiger partial charge in [-0.05, 0) is 25.5 Å². The number of ether oxygens (including phenoxy) is 1. The van der Waals surface area contributed by atoms with Crippen molar-refractivity contribution in [3.8, 4) is 0 Å². The maximum absolute atomic E-state index is 12.4. The maximum Gasteiger partial charge on any atom is 0.239 e. The van der Waals surface area contributed by atoms with E-state index in [2.05, 4.69) is 10.2 Å². The Labute approximate surface area is 125 Å². The van der Waals surface area contributed by atoms with E-state index < -0.39 is 0 Å². The van der Waals surface area contributed by atoms with Crippen LogP contribution in [0.3, 0.4) is 0 Å². The number of hydrogen-bond acceptors (Lipinski definition) is 5. The summed E-state index contributed by atoms with van der Waals surface area (Å²) in [6.07, 6.45) is 2.55. The predicted molar refractivity (Wildman–Crippen MR) is 79.7 cm³/mol. The molecule has 2 heterocycles. The molecule has 0 aromatic carbocycles. The van der Waals surface area contributed by atoms with Crippen LogP contribution in [0.4, 0.5) is 0 Å². The summed E-state index contributed by atoms with van der Waals surface area (Å²) in [5.41, 5.74) is 6.15. The van der Waals surface area contributed by atoms with Gasteiger partial charge in [0.15, 0.2) is 0 Å². The highest BCUT2D eigenvalue weighted by atomic mass is 16.5. The van der Waals surface area contributed by atoms with E-state index in [9.17, 15) is 4.79 Å². The minimum Gasteiger partial charge on any atom is -0.468 e. The number of hydrogen-bond donors (Lipinski definition) is 2. The molecule has 0 bridgehead atoms. The molecule has 2 rings (SSSR count). The molecule has 3 atom stereocenters. The molecule has 0 saturated carbocycles. The lowest BCUT2D eigenvalue weighted by molar-refractivity contribution is -0.135. The number of morpholine rings is 1. The minimum atomic E-state index is -0.327. The van der Waals surface area contributed by atoms with Crippen molar-refractivity contribution >= 4 is 5.91 Å². The molecule has 6 nitrogen and oxygen atoms in total. The normalized spacial score (nSPS) is 22.7. The summed E-state index contributed by atoms with van der Waals surface area (Å²) >= 11 is 0. The van der Waals surface area contributed by atoms with Crippen LogP contribution in [-0.2, 0) is 9.53 Å². The summed E-state index contributed by atoms with van der Waals surface area (Å²) in [5, 5.41) is 2.94. The summed E-state index contributed by atoms with van der Waals surface area (Å²) in [6.45, 7) is 6.29. The van der Waals surface area contributed by atoms with Crippen molar-refractivity contribution in [2.24, 2.45) is 5.73 Å². The Hall–Kier alpha value is -1.37. The number of amides is 1. The van der Waals surface area contributed by atoms with Crippen molar-refractivity contribution in [1.82, 2.24) is 10.2 Å². The van der Waals surface area contributed by atoms with Crippen LogP contribution in [0, 0.1) is 0 Å². The second kappa shape index (κ2) is 7.59. The van der Waals surface area contributed by atoms with Gasteiger partial charge in [-0.3, -0.25) is 9.69 Å². The number of nitrogens with two attached hydrogens (primary N) is 1. The Morgan fingerprint density at radius 1 is 1.62 bits per heavy atom. The van der Waals surface area contributed by atoms with Crippen LogP contribution >= 0.6 is 0 Å². The average Bonchev–Trinajstić information content (AvgIpc) is 2.99. The molecular weight excluding hydrogens is 270 g/mol. The fourth-order valence-corrected chi connectivity index (χ4v) is 2.73. The van der Waals surface area contributed by atoms with Crippen LogP contribution in [0.15, 0.2) is 22.8 Å². The van der Waals surface area contributed by atoms with E-state index in [1.807, 2.05) is 26.0 Å². The van der Waals surface area contributed by atoms with Crippen molar-refractivity contribution in [2.45, 2.75) is 38.4 Å². The van der Waals surface area contributed by atoms with Crippen molar-refractivity contribution in [3.63, 3.8) is 0 Å². The first-order valence-corrected chi connectivity index (χ1v) is 7.55. The third-order valence-electron chi connectivity index (χ3n) is 3.71. The summed E-state index contributed by atoms with van der Waals surface area (Å²) in [4.78, 5) is 14.5. The molecule has 1 aliphatic rings. The molecule has 1 aliphatic heterocycles. The first-order chi connectivity index (χ1) is 10.1. The van der Waals surface area contributed by atoms with Crippen molar-refractivity contribution in [3.05, 3.63) is 24.2 Å². The van der Waals surface area contributed by atoms with E-state index in [1.54, 1.807) is 6.26 Å². The van der Waals surface area contributed by atoms with Gasteiger partial charge in [-0.15, -0.1) is 0 Å². The number of carbonyl (C=O) groups excluding carboxylic acids is 1. The van der Waals surface area contributed by atoms with Gasteiger partial charge in [-0.25, -0.2) is 0 Å². The standard InChI is InChI=1S/C15H25N3O3/c1-3-6-17-15(19)12-10-20-9-7-18(12)14(11(2)16)13-5-4-8-21-13/h4-5,8,11-12,14H,3,6-7,9-10,16H2,1-2H3,(H,17,19). The molecule has 0 radical (unpaired) electrons. The van der Waals surface area contributed by atoms with Gasteiger partial charge in [-0.2, -0.15) is 0 Å².